The number of hydrogen-bond acceptors (Lipinski definition) is 6. The van der Waals surface area contributed by atoms with Gasteiger partial charge in [-0.1, -0.05) is 25.4 Å². The second-order valence-electron chi connectivity index (χ2n) is 6.51. The molecule has 6 nitrogen and oxygen atoms in total. The Hall–Kier alpha value is -2.15. The van der Waals surface area contributed by atoms with E-state index in [4.69, 9.17) is 9.26 Å². The monoisotopic (exact) mass is 362 g/mol. The number of carbonyl (C=O) groups is 2. The molecular weight excluding hydrogens is 340 g/mol. The fourth-order valence-electron chi connectivity index (χ4n) is 2.76. The highest BCUT2D eigenvalue weighted by atomic mass is 32.1. The van der Waals surface area contributed by atoms with Crippen molar-refractivity contribution in [1.29, 1.82) is 0 Å². The molecule has 3 rings (SSSR count). The summed E-state index contributed by atoms with van der Waals surface area (Å²) < 4.78 is 10.2. The first-order valence-corrected chi connectivity index (χ1v) is 9.39. The molecule has 0 spiro atoms. The molecule has 0 atom stereocenters. The molecule has 1 aliphatic rings. The third kappa shape index (κ3) is 4.48. The predicted octanol–water partition coefficient (Wildman–Crippen LogP) is 3.92. The first-order chi connectivity index (χ1) is 12.0. The highest BCUT2D eigenvalue weighted by molar-refractivity contribution is 7.14. The SMILES string of the molecule is CC(C)c1cc(NC(=O)COC(=O)c2cc3c(s2)CCCCC3)on1. The summed E-state index contributed by atoms with van der Waals surface area (Å²) in [5, 5.41) is 6.40. The molecule has 2 heterocycles. The minimum Gasteiger partial charge on any atom is -0.451 e. The highest BCUT2D eigenvalue weighted by Gasteiger charge is 2.18. The lowest BCUT2D eigenvalue weighted by Gasteiger charge is -2.03. The Balaban J connectivity index is 1.52. The van der Waals surface area contributed by atoms with Crippen LogP contribution in [0.25, 0.3) is 0 Å². The van der Waals surface area contributed by atoms with E-state index < -0.39 is 11.9 Å². The van der Waals surface area contributed by atoms with Crippen molar-refractivity contribution >= 4 is 29.1 Å². The maximum Gasteiger partial charge on any atom is 0.348 e. The Kier molecular flexibility index (Phi) is 5.53. The molecule has 0 saturated heterocycles. The second kappa shape index (κ2) is 7.82. The lowest BCUT2D eigenvalue weighted by Crippen LogP contribution is -2.20. The van der Waals surface area contributed by atoms with E-state index in [9.17, 15) is 9.59 Å². The molecule has 1 N–H and O–H groups in total. The zero-order valence-corrected chi connectivity index (χ0v) is 15.3. The van der Waals surface area contributed by atoms with E-state index in [2.05, 4.69) is 10.5 Å². The average Bonchev–Trinajstić information content (AvgIpc) is 3.15. The molecular formula is C18H22N2O4S. The molecule has 0 bridgehead atoms. The van der Waals surface area contributed by atoms with Gasteiger partial charge in [-0.25, -0.2) is 4.79 Å². The number of aromatic nitrogens is 1. The van der Waals surface area contributed by atoms with Gasteiger partial charge in [0.15, 0.2) is 6.61 Å². The van der Waals surface area contributed by atoms with Crippen LogP contribution in [0, 0.1) is 0 Å². The Bertz CT molecular complexity index is 739. The van der Waals surface area contributed by atoms with Gasteiger partial charge in [0.2, 0.25) is 5.88 Å². The van der Waals surface area contributed by atoms with Crippen molar-refractivity contribution in [3.8, 4) is 0 Å². The lowest BCUT2D eigenvalue weighted by atomic mass is 10.1. The number of rotatable bonds is 5. The summed E-state index contributed by atoms with van der Waals surface area (Å²) >= 11 is 1.48. The smallest absolute Gasteiger partial charge is 0.348 e. The summed E-state index contributed by atoms with van der Waals surface area (Å²) in [7, 11) is 0. The van der Waals surface area contributed by atoms with Crippen LogP contribution in [0.1, 0.15) is 64.8 Å². The van der Waals surface area contributed by atoms with Crippen molar-refractivity contribution in [2.45, 2.75) is 51.9 Å². The van der Waals surface area contributed by atoms with Crippen molar-refractivity contribution in [2.24, 2.45) is 0 Å². The molecule has 1 amide bonds. The van der Waals surface area contributed by atoms with Gasteiger partial charge in [0, 0.05) is 10.9 Å². The number of esters is 1. The number of nitrogens with one attached hydrogen (secondary N) is 1. The molecule has 0 saturated carbocycles. The van der Waals surface area contributed by atoms with E-state index in [1.165, 1.54) is 34.6 Å². The highest BCUT2D eigenvalue weighted by Crippen LogP contribution is 2.29. The van der Waals surface area contributed by atoms with Crippen LogP contribution in [0.2, 0.25) is 0 Å². The minimum atomic E-state index is -0.450. The summed E-state index contributed by atoms with van der Waals surface area (Å²) in [6.07, 6.45) is 5.61. The summed E-state index contributed by atoms with van der Waals surface area (Å²) in [4.78, 5) is 25.9. The van der Waals surface area contributed by atoms with Gasteiger partial charge in [0.25, 0.3) is 5.91 Å². The molecule has 25 heavy (non-hydrogen) atoms. The predicted molar refractivity (Wildman–Crippen MR) is 95.1 cm³/mol. The average molecular weight is 362 g/mol. The second-order valence-corrected chi connectivity index (χ2v) is 7.65. The van der Waals surface area contributed by atoms with E-state index in [-0.39, 0.29) is 18.4 Å². The standard InChI is InChI=1S/C18H22N2O4S/c1-11(2)13-9-17(24-20-13)19-16(21)10-23-18(22)15-8-12-6-4-3-5-7-14(12)25-15/h8-9,11H,3-7,10H2,1-2H3,(H,19,21). The number of thiophene rings is 1. The van der Waals surface area contributed by atoms with Crippen molar-refractivity contribution in [2.75, 3.05) is 11.9 Å². The minimum absolute atomic E-state index is 0.210. The maximum atomic E-state index is 12.2. The first-order valence-electron chi connectivity index (χ1n) is 8.58. The van der Waals surface area contributed by atoms with Gasteiger partial charge in [-0.3, -0.25) is 10.1 Å². The number of carbonyl (C=O) groups excluding carboxylic acids is 2. The number of anilines is 1. The van der Waals surface area contributed by atoms with Gasteiger partial charge < -0.3 is 9.26 Å². The van der Waals surface area contributed by atoms with Crippen molar-refractivity contribution in [3.63, 3.8) is 0 Å². The molecule has 134 valence electrons. The zero-order chi connectivity index (χ0) is 17.8. The topological polar surface area (TPSA) is 81.4 Å². The van der Waals surface area contributed by atoms with Crippen molar-refractivity contribution in [3.05, 3.63) is 33.1 Å². The molecule has 1 aliphatic carbocycles. The Morgan fingerprint density at radius 1 is 1.28 bits per heavy atom. The van der Waals surface area contributed by atoms with Crippen molar-refractivity contribution in [1.82, 2.24) is 5.16 Å². The zero-order valence-electron chi connectivity index (χ0n) is 14.5. The van der Waals surface area contributed by atoms with Crippen LogP contribution < -0.4 is 5.32 Å². The lowest BCUT2D eigenvalue weighted by molar-refractivity contribution is -0.119. The molecule has 2 aromatic rings. The number of aryl methyl sites for hydroxylation is 2. The van der Waals surface area contributed by atoms with E-state index in [0.29, 0.717) is 4.88 Å². The maximum absolute atomic E-state index is 12.2. The molecule has 7 heteroatoms. The normalized spacial score (nSPS) is 14.0. The fourth-order valence-corrected chi connectivity index (χ4v) is 3.91. The first kappa shape index (κ1) is 17.7. The van der Waals surface area contributed by atoms with E-state index in [0.717, 1.165) is 25.0 Å². The number of hydrogen-bond donors (Lipinski definition) is 1. The molecule has 0 fully saturated rings. The van der Waals surface area contributed by atoms with Gasteiger partial charge in [-0.05, 0) is 43.2 Å². The van der Waals surface area contributed by atoms with Crippen LogP contribution in [0.3, 0.4) is 0 Å². The molecule has 0 aliphatic heterocycles. The van der Waals surface area contributed by atoms with Gasteiger partial charge in [-0.15, -0.1) is 11.3 Å². The van der Waals surface area contributed by atoms with E-state index in [1.807, 2.05) is 19.9 Å². The third-order valence-corrected chi connectivity index (χ3v) is 5.38. The Labute approximate surface area is 150 Å². The van der Waals surface area contributed by atoms with Gasteiger partial charge in [0.1, 0.15) is 4.88 Å². The summed E-state index contributed by atoms with van der Waals surface area (Å²) in [5.41, 5.74) is 2.01. The number of ether oxygens (including phenoxy) is 1. The van der Waals surface area contributed by atoms with Crippen LogP contribution >= 0.6 is 11.3 Å². The Morgan fingerprint density at radius 2 is 2.08 bits per heavy atom. The largest absolute Gasteiger partial charge is 0.451 e. The molecule has 0 aromatic carbocycles. The van der Waals surface area contributed by atoms with Crippen molar-refractivity contribution < 1.29 is 18.8 Å². The van der Waals surface area contributed by atoms with E-state index in [1.54, 1.807) is 6.07 Å². The van der Waals surface area contributed by atoms with Crippen LogP contribution in [0.15, 0.2) is 16.7 Å². The van der Waals surface area contributed by atoms with Crippen LogP contribution in [-0.4, -0.2) is 23.6 Å². The van der Waals surface area contributed by atoms with Crippen LogP contribution in [0.5, 0.6) is 0 Å². The molecule has 2 aromatic heterocycles. The number of amides is 1. The van der Waals surface area contributed by atoms with E-state index >= 15 is 0 Å². The fraction of sp³-hybridized carbons (Fsp3) is 0.500. The molecule has 0 unspecified atom stereocenters. The van der Waals surface area contributed by atoms with Gasteiger partial charge in [-0.2, -0.15) is 0 Å². The van der Waals surface area contributed by atoms with Gasteiger partial charge in [0.05, 0.1) is 5.69 Å². The summed E-state index contributed by atoms with van der Waals surface area (Å²) in [5.74, 6) is -0.430. The number of nitrogens with zero attached hydrogens (tertiary/aromatic N) is 1. The third-order valence-electron chi connectivity index (χ3n) is 4.16. The summed E-state index contributed by atoms with van der Waals surface area (Å²) in [6, 6.07) is 3.58. The number of fused-ring (bicyclic) bond motifs is 1. The van der Waals surface area contributed by atoms with Crippen LogP contribution in [0.4, 0.5) is 5.88 Å². The Morgan fingerprint density at radius 3 is 2.84 bits per heavy atom. The summed E-state index contributed by atoms with van der Waals surface area (Å²) in [6.45, 7) is 3.61. The quantitative estimate of drug-likeness (QED) is 0.644. The van der Waals surface area contributed by atoms with Gasteiger partial charge >= 0.3 is 5.97 Å². The molecule has 0 radical (unpaired) electrons. The van der Waals surface area contributed by atoms with Crippen LogP contribution in [-0.2, 0) is 22.4 Å².